The van der Waals surface area contributed by atoms with Crippen LogP contribution in [0, 0.1) is 25.2 Å². The van der Waals surface area contributed by atoms with Crippen LogP contribution in [-0.2, 0) is 4.79 Å². The molecule has 2 rings (SSSR count). The molecule has 5 heteroatoms. The maximum absolute atomic E-state index is 12.3. The molecule has 0 saturated heterocycles. The van der Waals surface area contributed by atoms with Crippen LogP contribution in [0.25, 0.3) is 0 Å². The predicted molar refractivity (Wildman–Crippen MR) is 91.2 cm³/mol. The van der Waals surface area contributed by atoms with E-state index in [-0.39, 0.29) is 5.91 Å². The molecule has 2 aromatic carbocycles. The second-order valence-corrected chi connectivity index (χ2v) is 5.54. The minimum Gasteiger partial charge on any atom is -0.480 e. The van der Waals surface area contributed by atoms with Gasteiger partial charge in [0.25, 0.3) is 5.91 Å². The van der Waals surface area contributed by atoms with Crippen LogP contribution in [0.5, 0.6) is 5.75 Å². The molecule has 0 aromatic heterocycles. The highest BCUT2D eigenvalue weighted by atomic mass is 16.5. The third kappa shape index (κ3) is 3.99. The van der Waals surface area contributed by atoms with Crippen molar-refractivity contribution >= 4 is 17.9 Å². The van der Waals surface area contributed by atoms with Gasteiger partial charge in [0, 0.05) is 11.3 Å². The average molecular weight is 322 g/mol. The zero-order valence-electron chi connectivity index (χ0n) is 13.8. The van der Waals surface area contributed by atoms with E-state index in [9.17, 15) is 9.59 Å². The summed E-state index contributed by atoms with van der Waals surface area (Å²) in [6, 6.07) is 12.1. The Balaban J connectivity index is 2.12. The molecule has 0 radical (unpaired) electrons. The van der Waals surface area contributed by atoms with Crippen molar-refractivity contribution in [3.63, 3.8) is 0 Å². The Hall–Kier alpha value is -3.13. The number of amides is 1. The first kappa shape index (κ1) is 17.2. The summed E-state index contributed by atoms with van der Waals surface area (Å²) >= 11 is 0. The Labute approximate surface area is 140 Å². The molecule has 24 heavy (non-hydrogen) atoms. The van der Waals surface area contributed by atoms with E-state index in [2.05, 4.69) is 5.32 Å². The SMILES string of the molecule is Cc1cc(C=O)cc(C)c1O[C@@H](C)C(=O)Nc1cccc(C#N)c1. The smallest absolute Gasteiger partial charge is 0.265 e. The van der Waals surface area contributed by atoms with Crippen LogP contribution in [0.1, 0.15) is 34.0 Å². The molecular formula is C19H18N2O3. The van der Waals surface area contributed by atoms with Crippen LogP contribution in [0.4, 0.5) is 5.69 Å². The highest BCUT2D eigenvalue weighted by Gasteiger charge is 2.17. The number of nitrogens with zero attached hydrogens (tertiary/aromatic N) is 1. The summed E-state index contributed by atoms with van der Waals surface area (Å²) in [4.78, 5) is 23.2. The Morgan fingerprint density at radius 1 is 1.25 bits per heavy atom. The van der Waals surface area contributed by atoms with Crippen molar-refractivity contribution in [3.8, 4) is 11.8 Å². The zero-order chi connectivity index (χ0) is 17.7. The van der Waals surface area contributed by atoms with Gasteiger partial charge in [0.05, 0.1) is 11.6 Å². The number of ether oxygens (including phenoxy) is 1. The molecule has 0 aliphatic heterocycles. The van der Waals surface area contributed by atoms with Crippen LogP contribution in [0.3, 0.4) is 0 Å². The van der Waals surface area contributed by atoms with Gasteiger partial charge in [-0.05, 0) is 62.2 Å². The molecule has 2 aromatic rings. The van der Waals surface area contributed by atoms with Gasteiger partial charge in [-0.1, -0.05) is 6.07 Å². The van der Waals surface area contributed by atoms with Crippen molar-refractivity contribution in [2.24, 2.45) is 0 Å². The van der Waals surface area contributed by atoms with Gasteiger partial charge < -0.3 is 10.1 Å². The molecule has 0 spiro atoms. The van der Waals surface area contributed by atoms with E-state index in [0.717, 1.165) is 17.4 Å². The van der Waals surface area contributed by atoms with Crippen molar-refractivity contribution < 1.29 is 14.3 Å². The molecule has 0 heterocycles. The molecular weight excluding hydrogens is 304 g/mol. The lowest BCUT2D eigenvalue weighted by molar-refractivity contribution is -0.122. The number of carbonyl (C=O) groups is 2. The Bertz CT molecular complexity index is 799. The maximum atomic E-state index is 12.3. The average Bonchev–Trinajstić information content (AvgIpc) is 2.57. The summed E-state index contributed by atoms with van der Waals surface area (Å²) in [5, 5.41) is 11.6. The highest BCUT2D eigenvalue weighted by Crippen LogP contribution is 2.25. The van der Waals surface area contributed by atoms with Gasteiger partial charge in [-0.25, -0.2) is 0 Å². The monoisotopic (exact) mass is 322 g/mol. The first-order valence-electron chi connectivity index (χ1n) is 7.48. The lowest BCUT2D eigenvalue weighted by Crippen LogP contribution is -2.30. The quantitative estimate of drug-likeness (QED) is 0.856. The zero-order valence-corrected chi connectivity index (χ0v) is 13.8. The molecule has 5 nitrogen and oxygen atoms in total. The molecule has 0 bridgehead atoms. The first-order valence-corrected chi connectivity index (χ1v) is 7.48. The number of nitrogens with one attached hydrogen (secondary N) is 1. The number of rotatable bonds is 5. The van der Waals surface area contributed by atoms with E-state index in [1.165, 1.54) is 0 Å². The van der Waals surface area contributed by atoms with Crippen molar-refractivity contribution in [1.29, 1.82) is 5.26 Å². The van der Waals surface area contributed by atoms with Crippen LogP contribution in [0.2, 0.25) is 0 Å². The van der Waals surface area contributed by atoms with Gasteiger partial charge in [0.1, 0.15) is 12.0 Å². The fourth-order valence-electron chi connectivity index (χ4n) is 2.38. The van der Waals surface area contributed by atoms with Gasteiger partial charge in [0.15, 0.2) is 6.10 Å². The summed E-state index contributed by atoms with van der Waals surface area (Å²) in [5.74, 6) is 0.275. The minimum atomic E-state index is -0.727. The van der Waals surface area contributed by atoms with E-state index in [0.29, 0.717) is 22.6 Å². The van der Waals surface area contributed by atoms with Crippen molar-refractivity contribution in [2.75, 3.05) is 5.32 Å². The summed E-state index contributed by atoms with van der Waals surface area (Å²) in [6.45, 7) is 5.31. The van der Waals surface area contributed by atoms with Crippen LogP contribution < -0.4 is 10.1 Å². The fraction of sp³-hybridized carbons (Fsp3) is 0.211. The third-order valence-corrected chi connectivity index (χ3v) is 3.54. The van der Waals surface area contributed by atoms with Crippen molar-refractivity contribution in [1.82, 2.24) is 0 Å². The van der Waals surface area contributed by atoms with E-state index >= 15 is 0 Å². The lowest BCUT2D eigenvalue weighted by Gasteiger charge is -2.18. The standard InChI is InChI=1S/C19H18N2O3/c1-12-7-16(11-22)8-13(2)18(12)24-14(3)19(23)21-17-6-4-5-15(9-17)10-20/h4-9,11,14H,1-3H3,(H,21,23)/t14-/m0/s1. The first-order chi connectivity index (χ1) is 11.4. The van der Waals surface area contributed by atoms with E-state index in [1.807, 2.05) is 19.9 Å². The molecule has 0 aliphatic rings. The number of hydrogen-bond donors (Lipinski definition) is 1. The number of aryl methyl sites for hydroxylation is 2. The highest BCUT2D eigenvalue weighted by molar-refractivity contribution is 5.94. The predicted octanol–water partition coefficient (Wildman–Crippen LogP) is 3.39. The summed E-state index contributed by atoms with van der Waals surface area (Å²) < 4.78 is 5.77. The molecule has 122 valence electrons. The maximum Gasteiger partial charge on any atom is 0.265 e. The normalized spacial score (nSPS) is 11.2. The molecule has 0 saturated carbocycles. The number of nitriles is 1. The third-order valence-electron chi connectivity index (χ3n) is 3.54. The van der Waals surface area contributed by atoms with Crippen LogP contribution >= 0.6 is 0 Å². The summed E-state index contributed by atoms with van der Waals surface area (Å²) in [6.07, 6.45) is 0.0532. The van der Waals surface area contributed by atoms with Gasteiger partial charge in [-0.15, -0.1) is 0 Å². The van der Waals surface area contributed by atoms with E-state index in [1.54, 1.807) is 43.3 Å². The van der Waals surface area contributed by atoms with E-state index < -0.39 is 6.10 Å². The minimum absolute atomic E-state index is 0.316. The molecule has 1 amide bonds. The van der Waals surface area contributed by atoms with Gasteiger partial charge in [-0.2, -0.15) is 5.26 Å². The second-order valence-electron chi connectivity index (χ2n) is 5.54. The van der Waals surface area contributed by atoms with Crippen molar-refractivity contribution in [2.45, 2.75) is 26.9 Å². The van der Waals surface area contributed by atoms with Gasteiger partial charge in [0.2, 0.25) is 0 Å². The molecule has 1 atom stereocenters. The molecule has 1 N–H and O–H groups in total. The van der Waals surface area contributed by atoms with E-state index in [4.69, 9.17) is 10.00 Å². The molecule has 0 unspecified atom stereocenters. The topological polar surface area (TPSA) is 79.2 Å². The van der Waals surface area contributed by atoms with Gasteiger partial charge in [-0.3, -0.25) is 9.59 Å². The largest absolute Gasteiger partial charge is 0.480 e. The van der Waals surface area contributed by atoms with Gasteiger partial charge >= 0.3 is 0 Å². The van der Waals surface area contributed by atoms with Crippen LogP contribution in [-0.4, -0.2) is 18.3 Å². The van der Waals surface area contributed by atoms with Crippen molar-refractivity contribution in [3.05, 3.63) is 58.7 Å². The molecule has 0 fully saturated rings. The number of benzene rings is 2. The molecule has 0 aliphatic carbocycles. The number of carbonyl (C=O) groups excluding carboxylic acids is 2. The second kappa shape index (κ2) is 7.42. The Morgan fingerprint density at radius 3 is 2.50 bits per heavy atom. The lowest BCUT2D eigenvalue weighted by atomic mass is 10.1. The number of hydrogen-bond acceptors (Lipinski definition) is 4. The summed E-state index contributed by atoms with van der Waals surface area (Å²) in [5.41, 5.74) is 3.17. The Morgan fingerprint density at radius 2 is 1.92 bits per heavy atom. The fourth-order valence-corrected chi connectivity index (χ4v) is 2.38. The number of aldehydes is 1. The Kier molecular flexibility index (Phi) is 5.33. The van der Waals surface area contributed by atoms with Crippen LogP contribution in [0.15, 0.2) is 36.4 Å². The summed E-state index contributed by atoms with van der Waals surface area (Å²) in [7, 11) is 0. The number of anilines is 1.